The fourth-order valence-electron chi connectivity index (χ4n) is 15.3. The molecule has 14 aromatic rings. The van der Waals surface area contributed by atoms with E-state index in [1.165, 1.54) is 83.1 Å². The number of aromatic amines is 7. The lowest BCUT2D eigenvalue weighted by atomic mass is 9.86. The van der Waals surface area contributed by atoms with Crippen LogP contribution in [0.1, 0.15) is 178 Å². The van der Waals surface area contributed by atoms with Crippen molar-refractivity contribution in [1.82, 2.24) is 106 Å². The van der Waals surface area contributed by atoms with Crippen molar-refractivity contribution >= 4 is 0 Å². The normalized spacial score (nSPS) is 11.2. The third kappa shape index (κ3) is 34.0. The highest BCUT2D eigenvalue weighted by molar-refractivity contribution is 5.69. The molecule has 0 aliphatic rings. The van der Waals surface area contributed by atoms with Gasteiger partial charge in [-0.15, -0.1) is 0 Å². The number of nitrogens with one attached hydrogen (secondary N) is 7. The average Bonchev–Trinajstić information content (AvgIpc) is 1.72. The van der Waals surface area contributed by atoms with E-state index in [4.69, 9.17) is 5.26 Å². The summed E-state index contributed by atoms with van der Waals surface area (Å²) in [5.41, 5.74) is 24.0. The molecule has 22 nitrogen and oxygen atoms in total. The maximum absolute atomic E-state index is 13.8. The minimum absolute atomic E-state index is 0.191. The molecule has 0 bridgehead atoms. The summed E-state index contributed by atoms with van der Waals surface area (Å²) in [5, 5.41) is 59.0. The first-order chi connectivity index (χ1) is 63.2. The smallest absolute Gasteiger partial charge is 0.132 e. The van der Waals surface area contributed by atoms with Gasteiger partial charge in [0.15, 0.2) is 0 Å². The lowest BCUT2D eigenvalue weighted by Gasteiger charge is -2.25. The standard InChI is InChI=1S/C18H27N3.C16H22FN3.C15H18N4.3C14H18FN3.C14H19N3/c1-6-11-21(5)13-15-12-19-20-17(15)14-7-9-16(10-8-14)18(2,3)4;1-4-9-20(12(2)3)11-14-10-18-19-16(14)13-5-7-15(17)8-6-13;1-3-7-19(2)11-14-10-17-18-15(14)13-6-4-5-12(8-13)9-16;1-3-8-18(2)10-14-13(9-16-17-14)11-4-6-12(15)7-5-11;1-3-8-18(2)10-11-9-16-17-14(11)12-6-4-5-7-13(12)15;1-3-7-18(2)10-12-9-16-17-14(12)11-5-4-6-13(15)8-11;1-3-9-17(2)11-13-10-15-16-14(13)12-7-5-4-6-8-12/h7-10,12H,6,11,13H2,1-5H3,(H,19,20);5-8,10,12H,4,9,11H2,1-3H3,(H,18,19);4-6,8,10H,3,7,11H2,1-2H3,(H,17,18);2*4-7,9H,3,8,10H2,1-2H3,(H,16,17);4-6,8-9H,3,7,10H2,1-2H3,(H,16,17);4-8,10H,3,9,11H2,1-2H3,(H,15,16). The van der Waals surface area contributed by atoms with Gasteiger partial charge in [-0.3, -0.25) is 40.6 Å². The van der Waals surface area contributed by atoms with Crippen molar-refractivity contribution in [1.29, 1.82) is 5.26 Å². The quantitative estimate of drug-likeness (QED) is 0.0181. The zero-order valence-corrected chi connectivity index (χ0v) is 80.4. The first-order valence-corrected chi connectivity index (χ1v) is 45.9. The number of aromatic nitrogens is 14. The van der Waals surface area contributed by atoms with Crippen LogP contribution in [0.5, 0.6) is 0 Å². The average molecular weight is 1790 g/mol. The van der Waals surface area contributed by atoms with Gasteiger partial charge in [0.2, 0.25) is 0 Å². The molecule has 0 atom stereocenters. The molecule has 0 aliphatic carbocycles. The Morgan fingerprint density at radius 3 is 1.03 bits per heavy atom. The molecular formula is C105H140F4N22. The molecule has 7 aromatic carbocycles. The van der Waals surface area contributed by atoms with Gasteiger partial charge in [0.05, 0.1) is 94.9 Å². The largest absolute Gasteiger partial charge is 0.302 e. The van der Waals surface area contributed by atoms with Crippen molar-refractivity contribution in [3.63, 3.8) is 0 Å². The van der Waals surface area contributed by atoms with E-state index in [1.807, 2.05) is 73.4 Å². The van der Waals surface area contributed by atoms with Gasteiger partial charge in [0.25, 0.3) is 0 Å². The third-order valence-electron chi connectivity index (χ3n) is 21.8. The first-order valence-electron chi connectivity index (χ1n) is 45.9. The molecule has 7 N–H and O–H groups in total. The van der Waals surface area contributed by atoms with Crippen LogP contribution in [0.4, 0.5) is 17.6 Å². The second kappa shape index (κ2) is 55.2. The Balaban J connectivity index is 0.000000189. The van der Waals surface area contributed by atoms with Gasteiger partial charge in [-0.05, 0) is 247 Å². The SMILES string of the molecule is CCCN(C)Cc1[nH]ncc1-c1ccc(F)cc1.CCCN(C)Cc1cn[nH]c1-c1ccc(C(C)(C)C)cc1.CCCN(C)Cc1cn[nH]c1-c1cccc(C#N)c1.CCCN(C)Cc1cn[nH]c1-c1cccc(F)c1.CCCN(C)Cc1cn[nH]c1-c1ccccc1.CCCN(C)Cc1cn[nH]c1-c1ccccc1F.CCCN(Cc1cn[nH]c1-c1ccc(F)cc1)C(C)C. The molecule has 14 rings (SSSR count). The number of nitriles is 1. The van der Waals surface area contributed by atoms with Gasteiger partial charge in [0.1, 0.15) is 23.3 Å². The van der Waals surface area contributed by atoms with E-state index < -0.39 is 0 Å². The Kier molecular flexibility index (Phi) is 43.9. The highest BCUT2D eigenvalue weighted by Gasteiger charge is 2.21. The van der Waals surface area contributed by atoms with E-state index in [-0.39, 0.29) is 28.7 Å². The van der Waals surface area contributed by atoms with Crippen molar-refractivity contribution < 1.29 is 17.6 Å². The number of rotatable bonds is 36. The lowest BCUT2D eigenvalue weighted by Crippen LogP contribution is -2.31. The number of halogens is 4. The minimum atomic E-state index is -0.227. The van der Waals surface area contributed by atoms with Crippen LogP contribution in [0.15, 0.2) is 219 Å². The van der Waals surface area contributed by atoms with Gasteiger partial charge in [-0.2, -0.15) is 41.0 Å². The Morgan fingerprint density at radius 2 is 0.641 bits per heavy atom. The van der Waals surface area contributed by atoms with E-state index in [1.54, 1.807) is 54.9 Å². The van der Waals surface area contributed by atoms with E-state index in [0.717, 1.165) is 214 Å². The van der Waals surface area contributed by atoms with E-state index in [0.29, 0.717) is 17.2 Å². The molecule has 0 amide bonds. The van der Waals surface area contributed by atoms with Crippen LogP contribution in [0.2, 0.25) is 0 Å². The van der Waals surface area contributed by atoms with Gasteiger partial charge in [-0.25, -0.2) is 17.6 Å². The van der Waals surface area contributed by atoms with Crippen LogP contribution in [0.25, 0.3) is 78.7 Å². The summed E-state index contributed by atoms with van der Waals surface area (Å²) in [6.45, 7) is 39.8. The molecule has 0 fully saturated rings. The molecule has 0 aliphatic heterocycles. The van der Waals surface area contributed by atoms with E-state index in [2.05, 4.69) is 286 Å². The zero-order valence-electron chi connectivity index (χ0n) is 80.4. The molecule has 26 heteroatoms. The molecule has 0 spiro atoms. The van der Waals surface area contributed by atoms with Crippen molar-refractivity contribution in [2.24, 2.45) is 0 Å². The topological polar surface area (TPSA) is 247 Å². The Morgan fingerprint density at radius 1 is 0.313 bits per heavy atom. The summed E-state index contributed by atoms with van der Waals surface area (Å²) in [7, 11) is 12.6. The maximum atomic E-state index is 13.8. The zero-order chi connectivity index (χ0) is 94.6. The first kappa shape index (κ1) is 104. The molecule has 7 heterocycles. The van der Waals surface area contributed by atoms with Crippen molar-refractivity contribution in [3.8, 4) is 84.7 Å². The third-order valence-corrected chi connectivity index (χ3v) is 21.8. The molecule has 0 unspecified atom stereocenters. The second-order valence-electron chi connectivity index (χ2n) is 34.8. The Labute approximate surface area is 775 Å². The number of benzene rings is 7. The summed E-state index contributed by atoms with van der Waals surface area (Å²) in [6, 6.07) is 55.8. The van der Waals surface area contributed by atoms with Gasteiger partial charge in [0, 0.05) is 113 Å². The molecule has 698 valence electrons. The van der Waals surface area contributed by atoms with E-state index >= 15 is 0 Å². The van der Waals surface area contributed by atoms with Gasteiger partial charge < -0.3 is 29.4 Å². The number of hydrogen-bond donors (Lipinski definition) is 7. The summed E-state index contributed by atoms with van der Waals surface area (Å²) >= 11 is 0. The van der Waals surface area contributed by atoms with Crippen molar-refractivity contribution in [2.45, 2.75) is 185 Å². The fourth-order valence-corrected chi connectivity index (χ4v) is 15.3. The summed E-state index contributed by atoms with van der Waals surface area (Å²) in [5.74, 6) is -0.882. The van der Waals surface area contributed by atoms with Gasteiger partial charge >= 0.3 is 0 Å². The summed E-state index contributed by atoms with van der Waals surface area (Å²) < 4.78 is 52.9. The van der Waals surface area contributed by atoms with Crippen LogP contribution < -0.4 is 0 Å². The highest BCUT2D eigenvalue weighted by Crippen LogP contribution is 2.32. The predicted molar refractivity (Wildman–Crippen MR) is 527 cm³/mol. The van der Waals surface area contributed by atoms with Crippen LogP contribution in [0.3, 0.4) is 0 Å². The Hall–Kier alpha value is -12.1. The molecule has 0 saturated carbocycles. The Bertz CT molecular complexity index is 5530. The van der Waals surface area contributed by atoms with Crippen LogP contribution in [-0.4, -0.2) is 200 Å². The number of hydrogen-bond acceptors (Lipinski definition) is 15. The predicted octanol–water partition coefficient (Wildman–Crippen LogP) is 22.9. The monoisotopic (exact) mass is 1790 g/mol. The van der Waals surface area contributed by atoms with Crippen LogP contribution in [-0.2, 0) is 51.2 Å². The van der Waals surface area contributed by atoms with E-state index in [9.17, 15) is 17.6 Å². The molecular weight excluding hydrogens is 1650 g/mol. The van der Waals surface area contributed by atoms with Crippen molar-refractivity contribution in [2.75, 3.05) is 88.1 Å². The minimum Gasteiger partial charge on any atom is -0.302 e. The molecule has 7 aromatic heterocycles. The molecule has 0 saturated heterocycles. The van der Waals surface area contributed by atoms with Crippen molar-refractivity contribution in [3.05, 3.63) is 293 Å². The maximum Gasteiger partial charge on any atom is 0.132 e. The van der Waals surface area contributed by atoms with Gasteiger partial charge in [-0.1, -0.05) is 172 Å². The summed E-state index contributed by atoms with van der Waals surface area (Å²) in [6.07, 6.45) is 20.9. The second-order valence-corrected chi connectivity index (χ2v) is 34.8. The molecule has 0 radical (unpaired) electrons. The summed E-state index contributed by atoms with van der Waals surface area (Å²) in [4.78, 5) is 16.0. The van der Waals surface area contributed by atoms with Crippen LogP contribution >= 0.6 is 0 Å². The number of H-pyrrole nitrogens is 7. The van der Waals surface area contributed by atoms with Crippen LogP contribution in [0, 0.1) is 34.6 Å². The number of nitrogens with zero attached hydrogens (tertiary/aromatic N) is 15. The fraction of sp³-hybridized carbons (Fsp3) is 0.390. The molecule has 131 heavy (non-hydrogen) atoms. The highest BCUT2D eigenvalue weighted by atomic mass is 19.1. The lowest BCUT2D eigenvalue weighted by molar-refractivity contribution is 0.213.